The van der Waals surface area contributed by atoms with E-state index in [-0.39, 0.29) is 11.8 Å². The van der Waals surface area contributed by atoms with Gasteiger partial charge in [0.15, 0.2) is 0 Å². The molecule has 2 aliphatic heterocycles. The predicted octanol–water partition coefficient (Wildman–Crippen LogP) is 5.97. The highest BCUT2D eigenvalue weighted by Crippen LogP contribution is 2.40. The molecule has 42 heavy (non-hydrogen) atoms. The second kappa shape index (κ2) is 11.2. The van der Waals surface area contributed by atoms with Crippen LogP contribution in [-0.4, -0.2) is 26.8 Å². The first-order chi connectivity index (χ1) is 20.4. The zero-order valence-electron chi connectivity index (χ0n) is 23.7. The van der Waals surface area contributed by atoms with E-state index in [9.17, 15) is 9.59 Å². The zero-order chi connectivity index (χ0) is 29.2. The van der Waals surface area contributed by atoms with Crippen molar-refractivity contribution in [1.82, 2.24) is 15.0 Å². The van der Waals surface area contributed by atoms with Crippen LogP contribution in [0.2, 0.25) is 0 Å². The van der Waals surface area contributed by atoms with Gasteiger partial charge in [-0.25, -0.2) is 4.68 Å². The molecule has 0 spiro atoms. The molecule has 3 heterocycles. The average Bonchev–Trinajstić information content (AvgIpc) is 3.36. The number of nitrogens with zero attached hydrogens (tertiary/aromatic N) is 5. The molecule has 7 nitrogen and oxygen atoms in total. The highest BCUT2D eigenvalue weighted by atomic mass is 16.2. The number of aromatic nitrogens is 3. The molecule has 4 aromatic carbocycles. The Morgan fingerprint density at radius 3 is 1.90 bits per heavy atom. The molecule has 206 valence electrons. The van der Waals surface area contributed by atoms with Gasteiger partial charge in [-0.3, -0.25) is 9.59 Å². The fourth-order valence-corrected chi connectivity index (χ4v) is 5.44. The van der Waals surface area contributed by atoms with Crippen molar-refractivity contribution >= 4 is 23.2 Å². The molecule has 5 aromatic rings. The van der Waals surface area contributed by atoms with Gasteiger partial charge in [0.1, 0.15) is 5.69 Å². The molecule has 0 aliphatic carbocycles. The fourth-order valence-electron chi connectivity index (χ4n) is 5.44. The number of fused-ring (bicyclic) bond motifs is 7. The van der Waals surface area contributed by atoms with Crippen LogP contribution >= 0.6 is 0 Å². The Kier molecular flexibility index (Phi) is 7.12. The van der Waals surface area contributed by atoms with E-state index >= 15 is 0 Å². The van der Waals surface area contributed by atoms with Crippen molar-refractivity contribution in [2.24, 2.45) is 7.05 Å². The quantitative estimate of drug-likeness (QED) is 0.223. The topological polar surface area (TPSA) is 71.3 Å². The lowest BCUT2D eigenvalue weighted by atomic mass is 9.95. The number of carbonyl (C=O) groups is 2. The molecule has 1 aromatic heterocycles. The Labute approximate surface area is 245 Å². The van der Waals surface area contributed by atoms with Crippen molar-refractivity contribution in [3.8, 4) is 34.4 Å². The maximum absolute atomic E-state index is 12.2. The molecular weight excluding hydrogens is 522 g/mol. The summed E-state index contributed by atoms with van der Waals surface area (Å²) < 4.78 is 1.80. The maximum Gasteiger partial charge on any atom is 0.224 e. The lowest BCUT2D eigenvalue weighted by Gasteiger charge is -2.27. The summed E-state index contributed by atoms with van der Waals surface area (Å²) in [6.07, 6.45) is 0. The third-order valence-corrected chi connectivity index (χ3v) is 7.51. The van der Waals surface area contributed by atoms with Gasteiger partial charge in [-0.15, -0.1) is 5.10 Å². The smallest absolute Gasteiger partial charge is 0.224 e. The summed E-state index contributed by atoms with van der Waals surface area (Å²) in [6.45, 7) is 4.29. The van der Waals surface area contributed by atoms with Crippen molar-refractivity contribution in [2.75, 3.05) is 9.80 Å². The number of hydrogen-bond acceptors (Lipinski definition) is 4. The monoisotopic (exact) mass is 551 g/mol. The Morgan fingerprint density at radius 2 is 1.17 bits per heavy atom. The first kappa shape index (κ1) is 26.7. The SMILES string of the molecule is CC(=O)N1Cc2ccccc2-c2c(nnn2C)-c2ccccc21.CC(=O)N1Cc2ccccc2C#Cc2ccccc21. The number of rotatable bonds is 0. The molecule has 0 bridgehead atoms. The number of anilines is 2. The third-order valence-electron chi connectivity index (χ3n) is 7.51. The third kappa shape index (κ3) is 4.95. The molecule has 0 fully saturated rings. The highest BCUT2D eigenvalue weighted by molar-refractivity contribution is 5.99. The van der Waals surface area contributed by atoms with E-state index < -0.39 is 0 Å². The van der Waals surface area contributed by atoms with Crippen LogP contribution in [0.5, 0.6) is 0 Å². The van der Waals surface area contributed by atoms with Crippen molar-refractivity contribution in [1.29, 1.82) is 0 Å². The maximum atomic E-state index is 12.2. The van der Waals surface area contributed by atoms with Crippen LogP contribution in [0.4, 0.5) is 11.4 Å². The van der Waals surface area contributed by atoms with Gasteiger partial charge in [0.2, 0.25) is 11.8 Å². The Hall–Kier alpha value is -5.48. The molecular formula is C35H29N5O2. The van der Waals surface area contributed by atoms with E-state index in [4.69, 9.17) is 0 Å². The Bertz CT molecular complexity index is 1890. The van der Waals surface area contributed by atoms with Crippen molar-refractivity contribution < 1.29 is 9.59 Å². The summed E-state index contributed by atoms with van der Waals surface area (Å²) >= 11 is 0. The summed E-state index contributed by atoms with van der Waals surface area (Å²) in [4.78, 5) is 27.7. The van der Waals surface area contributed by atoms with E-state index in [0.717, 1.165) is 56.1 Å². The van der Waals surface area contributed by atoms with E-state index in [0.29, 0.717) is 13.1 Å². The van der Waals surface area contributed by atoms with Gasteiger partial charge in [-0.1, -0.05) is 89.9 Å². The molecule has 0 saturated heterocycles. The Balaban J connectivity index is 0.000000153. The number of aryl methyl sites for hydroxylation is 1. The molecule has 2 aliphatic rings. The normalized spacial score (nSPS) is 12.5. The number of benzene rings is 4. The van der Waals surface area contributed by atoms with E-state index in [1.807, 2.05) is 92.0 Å². The largest absolute Gasteiger partial charge is 0.308 e. The van der Waals surface area contributed by atoms with Crippen LogP contribution in [-0.2, 0) is 29.7 Å². The average molecular weight is 552 g/mol. The van der Waals surface area contributed by atoms with E-state index in [1.165, 1.54) is 0 Å². The summed E-state index contributed by atoms with van der Waals surface area (Å²) in [5, 5.41) is 8.58. The van der Waals surface area contributed by atoms with Gasteiger partial charge in [0, 0.05) is 43.1 Å². The predicted molar refractivity (Wildman–Crippen MR) is 164 cm³/mol. The minimum absolute atomic E-state index is 0.0135. The molecule has 0 saturated carbocycles. The van der Waals surface area contributed by atoms with Crippen LogP contribution in [0.3, 0.4) is 0 Å². The standard InChI is InChI=1S/C18H16N4O.C17H13NO/c1-12(23)22-11-13-7-3-4-8-14(13)18-17(19-20-21(18)2)15-9-5-6-10-16(15)22;1-13(19)18-12-16-8-3-2-6-14(16)10-11-15-7-4-5-9-17(15)18/h3-10H,11H2,1-2H3;2-9H,12H2,1H3. The first-order valence-electron chi connectivity index (χ1n) is 13.7. The van der Waals surface area contributed by atoms with Crippen LogP contribution in [0.1, 0.15) is 36.1 Å². The van der Waals surface area contributed by atoms with Gasteiger partial charge < -0.3 is 9.80 Å². The number of amides is 2. The summed E-state index contributed by atoms with van der Waals surface area (Å²) in [7, 11) is 1.90. The van der Waals surface area contributed by atoms with Crippen LogP contribution in [0.15, 0.2) is 97.1 Å². The number of carbonyl (C=O) groups excluding carboxylic acids is 2. The second-order valence-corrected chi connectivity index (χ2v) is 10.2. The summed E-state index contributed by atoms with van der Waals surface area (Å²) in [5.74, 6) is 6.40. The van der Waals surface area contributed by atoms with Gasteiger partial charge >= 0.3 is 0 Å². The molecule has 0 radical (unpaired) electrons. The highest BCUT2D eigenvalue weighted by Gasteiger charge is 2.27. The molecule has 0 unspecified atom stereocenters. The van der Waals surface area contributed by atoms with Crippen LogP contribution < -0.4 is 9.80 Å². The van der Waals surface area contributed by atoms with Crippen LogP contribution in [0, 0.1) is 11.8 Å². The van der Waals surface area contributed by atoms with Crippen molar-refractivity contribution in [2.45, 2.75) is 26.9 Å². The summed E-state index contributed by atoms with van der Waals surface area (Å²) in [5.41, 5.74) is 9.60. The van der Waals surface area contributed by atoms with Gasteiger partial charge in [-0.05, 0) is 35.4 Å². The van der Waals surface area contributed by atoms with Crippen molar-refractivity contribution in [3.05, 3.63) is 119 Å². The Morgan fingerprint density at radius 1 is 0.643 bits per heavy atom. The molecule has 2 amide bonds. The molecule has 7 heteroatoms. The molecule has 7 rings (SSSR count). The van der Waals surface area contributed by atoms with Gasteiger partial charge in [-0.2, -0.15) is 0 Å². The van der Waals surface area contributed by atoms with Crippen molar-refractivity contribution in [3.63, 3.8) is 0 Å². The molecule has 0 atom stereocenters. The number of hydrogen-bond donors (Lipinski definition) is 0. The van der Waals surface area contributed by atoms with E-state index in [1.54, 1.807) is 28.3 Å². The minimum atomic E-state index is 0.0135. The fraction of sp³-hybridized carbons (Fsp3) is 0.143. The van der Waals surface area contributed by atoms with Gasteiger partial charge in [0.25, 0.3) is 0 Å². The zero-order valence-corrected chi connectivity index (χ0v) is 23.7. The lowest BCUT2D eigenvalue weighted by Crippen LogP contribution is -2.29. The summed E-state index contributed by atoms with van der Waals surface area (Å²) in [6, 6.07) is 31.7. The van der Waals surface area contributed by atoms with Crippen LogP contribution in [0.25, 0.3) is 22.5 Å². The number of para-hydroxylation sites is 2. The first-order valence-corrected chi connectivity index (χ1v) is 13.7. The molecule has 0 N–H and O–H groups in total. The second-order valence-electron chi connectivity index (χ2n) is 10.2. The lowest BCUT2D eigenvalue weighted by molar-refractivity contribution is -0.117. The minimum Gasteiger partial charge on any atom is -0.308 e. The van der Waals surface area contributed by atoms with E-state index in [2.05, 4.69) is 34.3 Å². The van der Waals surface area contributed by atoms with Gasteiger partial charge in [0.05, 0.1) is 30.2 Å².